The topological polar surface area (TPSA) is 55.2 Å². The third-order valence-electron chi connectivity index (χ3n) is 3.03. The molecule has 1 aliphatic carbocycles. The monoisotopic (exact) mass is 256 g/mol. The summed E-state index contributed by atoms with van der Waals surface area (Å²) in [6.45, 7) is 0.474. The van der Waals surface area contributed by atoms with Gasteiger partial charge in [0.1, 0.15) is 5.69 Å². The molecule has 0 spiro atoms. The van der Waals surface area contributed by atoms with Gasteiger partial charge in [-0.1, -0.05) is 12.8 Å². The highest BCUT2D eigenvalue weighted by molar-refractivity contribution is 5.51. The van der Waals surface area contributed by atoms with Crippen LogP contribution in [0.3, 0.4) is 0 Å². The van der Waals surface area contributed by atoms with Crippen molar-refractivity contribution in [2.24, 2.45) is 5.92 Å². The first kappa shape index (κ1) is 12.7. The van der Waals surface area contributed by atoms with Crippen LogP contribution in [0.2, 0.25) is 0 Å². The fourth-order valence-corrected chi connectivity index (χ4v) is 1.84. The van der Waals surface area contributed by atoms with Gasteiger partial charge in [-0.25, -0.2) is 8.78 Å². The first-order valence-corrected chi connectivity index (χ1v) is 5.95. The Kier molecular flexibility index (Phi) is 3.74. The highest BCUT2D eigenvalue weighted by atomic mass is 19.1. The zero-order valence-electron chi connectivity index (χ0n) is 9.79. The Morgan fingerprint density at radius 1 is 1.33 bits per heavy atom. The van der Waals surface area contributed by atoms with Gasteiger partial charge in [-0.05, 0) is 18.8 Å². The van der Waals surface area contributed by atoms with Crippen molar-refractivity contribution in [2.45, 2.75) is 25.7 Å². The van der Waals surface area contributed by atoms with Crippen LogP contribution in [-0.4, -0.2) is 11.5 Å². The van der Waals surface area contributed by atoms with E-state index in [-0.39, 0.29) is 5.69 Å². The Morgan fingerprint density at radius 3 is 2.44 bits per heavy atom. The average molecular weight is 256 g/mol. The van der Waals surface area contributed by atoms with E-state index in [0.717, 1.165) is 30.9 Å². The second kappa shape index (κ2) is 5.29. The van der Waals surface area contributed by atoms with Crippen LogP contribution in [0.15, 0.2) is 12.1 Å². The fourth-order valence-electron chi connectivity index (χ4n) is 1.84. The summed E-state index contributed by atoms with van der Waals surface area (Å²) in [5.74, 6) is -1.07. The smallest absolute Gasteiger partial charge is 0.275 e. The molecule has 1 N–H and O–H groups in total. The predicted molar refractivity (Wildman–Crippen MR) is 63.5 cm³/mol. The van der Waals surface area contributed by atoms with Crippen molar-refractivity contribution in [1.82, 2.24) is 0 Å². The van der Waals surface area contributed by atoms with E-state index in [1.54, 1.807) is 0 Å². The maximum Gasteiger partial charge on any atom is 0.275 e. The molecule has 18 heavy (non-hydrogen) atoms. The Hall–Kier alpha value is -1.72. The number of rotatable bonds is 6. The van der Waals surface area contributed by atoms with Crippen molar-refractivity contribution in [3.05, 3.63) is 33.9 Å². The summed E-state index contributed by atoms with van der Waals surface area (Å²) in [7, 11) is 0. The Morgan fingerprint density at radius 2 is 1.94 bits per heavy atom. The van der Waals surface area contributed by atoms with Gasteiger partial charge >= 0.3 is 0 Å². The second-order valence-corrected chi connectivity index (χ2v) is 4.55. The molecule has 0 atom stereocenters. The molecular formula is C12H14F2N2O2. The number of nitrogens with one attached hydrogen (secondary N) is 1. The number of benzene rings is 1. The van der Waals surface area contributed by atoms with Crippen LogP contribution in [0, 0.1) is 27.7 Å². The van der Waals surface area contributed by atoms with Gasteiger partial charge in [-0.2, -0.15) is 0 Å². The number of halogens is 2. The van der Waals surface area contributed by atoms with Crippen LogP contribution < -0.4 is 5.32 Å². The van der Waals surface area contributed by atoms with Crippen molar-refractivity contribution in [1.29, 1.82) is 0 Å². The molecule has 1 aromatic rings. The molecular weight excluding hydrogens is 242 g/mol. The van der Waals surface area contributed by atoms with Crippen molar-refractivity contribution >= 4 is 11.4 Å². The maximum atomic E-state index is 13.5. The quantitative estimate of drug-likeness (QED) is 0.481. The van der Waals surface area contributed by atoms with E-state index in [4.69, 9.17) is 0 Å². The van der Waals surface area contributed by atoms with E-state index in [9.17, 15) is 18.9 Å². The van der Waals surface area contributed by atoms with Gasteiger partial charge in [0.15, 0.2) is 11.6 Å². The molecule has 0 unspecified atom stereocenters. The summed E-state index contributed by atoms with van der Waals surface area (Å²) in [5, 5.41) is 13.1. The summed E-state index contributed by atoms with van der Waals surface area (Å²) in [6, 6.07) is 1.46. The van der Waals surface area contributed by atoms with E-state index in [2.05, 4.69) is 5.32 Å². The standard InChI is InChI=1S/C12H14F2N2O2/c13-10-6-9(16(17)18)7-11(14)12(10)15-5-1-2-8-3-4-8/h6-8,15H,1-5H2. The van der Waals surface area contributed by atoms with Gasteiger partial charge in [0.05, 0.1) is 17.1 Å². The minimum absolute atomic E-state index is 0.281. The van der Waals surface area contributed by atoms with E-state index >= 15 is 0 Å². The summed E-state index contributed by atoms with van der Waals surface area (Å²) < 4.78 is 26.9. The summed E-state index contributed by atoms with van der Waals surface area (Å²) >= 11 is 0. The minimum atomic E-state index is -0.923. The van der Waals surface area contributed by atoms with E-state index in [0.29, 0.717) is 6.54 Å². The number of anilines is 1. The highest BCUT2D eigenvalue weighted by Crippen LogP contribution is 2.33. The first-order chi connectivity index (χ1) is 8.58. The SMILES string of the molecule is O=[N+]([O-])c1cc(F)c(NCCCC2CC2)c(F)c1. The van der Waals surface area contributed by atoms with Crippen LogP contribution >= 0.6 is 0 Å². The third kappa shape index (κ3) is 3.15. The van der Waals surface area contributed by atoms with Gasteiger partial charge in [0, 0.05) is 6.54 Å². The molecule has 1 saturated carbocycles. The van der Waals surface area contributed by atoms with Gasteiger partial charge in [-0.3, -0.25) is 10.1 Å². The number of nitro benzene ring substituents is 1. The van der Waals surface area contributed by atoms with Gasteiger partial charge in [0.2, 0.25) is 0 Å². The minimum Gasteiger partial charge on any atom is -0.380 e. The second-order valence-electron chi connectivity index (χ2n) is 4.55. The average Bonchev–Trinajstić information content (AvgIpc) is 3.10. The molecule has 1 fully saturated rings. The van der Waals surface area contributed by atoms with Crippen molar-refractivity contribution in [2.75, 3.05) is 11.9 Å². The van der Waals surface area contributed by atoms with Crippen LogP contribution in [0.4, 0.5) is 20.2 Å². The lowest BCUT2D eigenvalue weighted by molar-refractivity contribution is -0.385. The van der Waals surface area contributed by atoms with Crippen molar-refractivity contribution < 1.29 is 13.7 Å². The molecule has 4 nitrogen and oxygen atoms in total. The lowest BCUT2D eigenvalue weighted by Crippen LogP contribution is -2.06. The molecule has 1 aromatic carbocycles. The molecule has 2 rings (SSSR count). The van der Waals surface area contributed by atoms with E-state index in [1.165, 1.54) is 12.8 Å². The zero-order chi connectivity index (χ0) is 13.1. The van der Waals surface area contributed by atoms with Crippen molar-refractivity contribution in [3.8, 4) is 0 Å². The van der Waals surface area contributed by atoms with Crippen molar-refractivity contribution in [3.63, 3.8) is 0 Å². The molecule has 0 bridgehead atoms. The number of nitro groups is 1. The third-order valence-corrected chi connectivity index (χ3v) is 3.03. The molecule has 1 aliphatic rings. The Balaban J connectivity index is 1.95. The first-order valence-electron chi connectivity index (χ1n) is 5.95. The van der Waals surface area contributed by atoms with Crippen LogP contribution in [-0.2, 0) is 0 Å². The van der Waals surface area contributed by atoms with Gasteiger partial charge in [0.25, 0.3) is 5.69 Å². The van der Waals surface area contributed by atoms with Crippen LogP contribution in [0.1, 0.15) is 25.7 Å². The Bertz CT molecular complexity index is 438. The number of nitrogens with zero attached hydrogens (tertiary/aromatic N) is 1. The largest absolute Gasteiger partial charge is 0.380 e. The lowest BCUT2D eigenvalue weighted by Gasteiger charge is -2.08. The molecule has 0 radical (unpaired) electrons. The summed E-state index contributed by atoms with van der Waals surface area (Å²) in [5.41, 5.74) is -0.857. The van der Waals surface area contributed by atoms with Gasteiger partial charge in [-0.15, -0.1) is 0 Å². The molecule has 6 heteroatoms. The number of hydrogen-bond acceptors (Lipinski definition) is 3. The number of hydrogen-bond donors (Lipinski definition) is 1. The van der Waals surface area contributed by atoms with Gasteiger partial charge < -0.3 is 5.32 Å². The summed E-state index contributed by atoms with van der Waals surface area (Å²) in [6.07, 6.45) is 4.41. The fraction of sp³-hybridized carbons (Fsp3) is 0.500. The molecule has 0 aromatic heterocycles. The molecule has 0 aliphatic heterocycles. The van der Waals surface area contributed by atoms with Crippen LogP contribution in [0.25, 0.3) is 0 Å². The van der Waals surface area contributed by atoms with E-state index < -0.39 is 22.2 Å². The number of non-ortho nitro benzene ring substituents is 1. The predicted octanol–water partition coefficient (Wildman–Crippen LogP) is 3.48. The Labute approximate surface area is 103 Å². The lowest BCUT2D eigenvalue weighted by atomic mass is 10.2. The molecule has 98 valence electrons. The van der Waals surface area contributed by atoms with E-state index in [1.807, 2.05) is 0 Å². The highest BCUT2D eigenvalue weighted by Gasteiger charge is 2.20. The van der Waals surface area contributed by atoms with Crippen LogP contribution in [0.5, 0.6) is 0 Å². The zero-order valence-corrected chi connectivity index (χ0v) is 9.79. The molecule has 0 saturated heterocycles. The normalized spacial score (nSPS) is 14.6. The molecule has 0 amide bonds. The maximum absolute atomic E-state index is 13.5. The summed E-state index contributed by atoms with van der Waals surface area (Å²) in [4.78, 5) is 9.59. The molecule has 0 heterocycles.